The van der Waals surface area contributed by atoms with E-state index in [-0.39, 0.29) is 16.9 Å². The van der Waals surface area contributed by atoms with Gasteiger partial charge in [-0.3, -0.25) is 4.68 Å². The van der Waals surface area contributed by atoms with Gasteiger partial charge in [0.15, 0.2) is 11.6 Å². The maximum absolute atomic E-state index is 13.9. The highest BCUT2D eigenvalue weighted by Gasteiger charge is 2.35. The molecule has 4 atom stereocenters. The smallest absolute Gasteiger partial charge is 0.166 e. The zero-order valence-corrected chi connectivity index (χ0v) is 19.5. The summed E-state index contributed by atoms with van der Waals surface area (Å²) in [5.74, 6) is 0.517. The van der Waals surface area contributed by atoms with E-state index in [0.29, 0.717) is 28.3 Å². The number of nitrogens with zero attached hydrogens (tertiary/aromatic N) is 3. The van der Waals surface area contributed by atoms with Crippen LogP contribution in [0.2, 0.25) is 10.0 Å². The number of anilines is 1. The van der Waals surface area contributed by atoms with Gasteiger partial charge in [0.05, 0.1) is 30.5 Å². The molecule has 2 aliphatic rings. The Kier molecular flexibility index (Phi) is 6.18. The predicted molar refractivity (Wildman–Crippen MR) is 125 cm³/mol. The van der Waals surface area contributed by atoms with Crippen molar-refractivity contribution < 1.29 is 13.9 Å². The van der Waals surface area contributed by atoms with Gasteiger partial charge < -0.3 is 20.5 Å². The van der Waals surface area contributed by atoms with Crippen LogP contribution in [-0.2, 0) is 4.74 Å². The van der Waals surface area contributed by atoms with Crippen LogP contribution in [-0.4, -0.2) is 40.6 Å². The molecule has 0 spiro atoms. The van der Waals surface area contributed by atoms with Gasteiger partial charge >= 0.3 is 0 Å². The molecular formula is C23H24Cl2FN5O2. The van der Waals surface area contributed by atoms with E-state index in [1.54, 1.807) is 25.4 Å². The monoisotopic (exact) mass is 491 g/mol. The Morgan fingerprint density at radius 1 is 1.27 bits per heavy atom. The topological polar surface area (TPSA) is 87.2 Å². The zero-order valence-electron chi connectivity index (χ0n) is 18.0. The van der Waals surface area contributed by atoms with Gasteiger partial charge in [0.25, 0.3) is 0 Å². The first kappa shape index (κ1) is 22.4. The highest BCUT2D eigenvalue weighted by molar-refractivity contribution is 6.36. The lowest BCUT2D eigenvalue weighted by Gasteiger charge is -2.31. The Morgan fingerprint density at radius 3 is 2.97 bits per heavy atom. The number of pyridine rings is 1. The van der Waals surface area contributed by atoms with E-state index >= 15 is 0 Å². The maximum Gasteiger partial charge on any atom is 0.166 e. The van der Waals surface area contributed by atoms with Gasteiger partial charge in [-0.2, -0.15) is 5.10 Å². The quantitative estimate of drug-likeness (QED) is 0.504. The van der Waals surface area contributed by atoms with E-state index in [1.807, 2.05) is 10.9 Å². The van der Waals surface area contributed by atoms with E-state index in [2.05, 4.69) is 15.4 Å². The van der Waals surface area contributed by atoms with Gasteiger partial charge in [0, 0.05) is 52.6 Å². The fourth-order valence-electron chi connectivity index (χ4n) is 4.54. The molecule has 2 aromatic heterocycles. The lowest BCUT2D eigenvalue weighted by molar-refractivity contribution is 0.181. The molecule has 10 heteroatoms. The van der Waals surface area contributed by atoms with Gasteiger partial charge in [-0.25, -0.2) is 9.37 Å². The van der Waals surface area contributed by atoms with Crippen molar-refractivity contribution in [1.29, 1.82) is 0 Å². The van der Waals surface area contributed by atoms with Crippen molar-refractivity contribution in [1.82, 2.24) is 20.1 Å². The van der Waals surface area contributed by atoms with Crippen LogP contribution in [0.25, 0.3) is 11.1 Å². The summed E-state index contributed by atoms with van der Waals surface area (Å²) in [6, 6.07) is 5.17. The standard InChI is InChI=1S/C23H24Cl2FN5O2/c1-12(21-17(24)2-3-18(26)22(21)25)33-20-5-13(6-29-23(20)27)15-7-30-31(9-15)16-4-14-10-32-11-19(14)28-8-16/h2-3,5-7,9,12,14,16,19,28H,4,8,10-11H2,1H3,(H2,27,29). The van der Waals surface area contributed by atoms with E-state index < -0.39 is 11.9 Å². The summed E-state index contributed by atoms with van der Waals surface area (Å²) in [7, 11) is 0. The third kappa shape index (κ3) is 4.40. The molecule has 3 aromatic rings. The summed E-state index contributed by atoms with van der Waals surface area (Å²) in [5, 5.41) is 8.39. The molecule has 33 heavy (non-hydrogen) atoms. The van der Waals surface area contributed by atoms with Crippen molar-refractivity contribution in [3.8, 4) is 16.9 Å². The van der Waals surface area contributed by atoms with Crippen molar-refractivity contribution >= 4 is 29.0 Å². The zero-order chi connectivity index (χ0) is 23.1. The summed E-state index contributed by atoms with van der Waals surface area (Å²) < 4.78 is 27.5. The molecule has 2 fully saturated rings. The number of ether oxygens (including phenoxy) is 2. The van der Waals surface area contributed by atoms with Gasteiger partial charge in [0.2, 0.25) is 0 Å². The van der Waals surface area contributed by atoms with Gasteiger partial charge in [-0.05, 0) is 31.5 Å². The number of fused-ring (bicyclic) bond motifs is 1. The van der Waals surface area contributed by atoms with E-state index in [4.69, 9.17) is 38.4 Å². The summed E-state index contributed by atoms with van der Waals surface area (Å²) in [6.45, 7) is 4.16. The molecular weight excluding hydrogens is 468 g/mol. The first-order valence-electron chi connectivity index (χ1n) is 10.8. The number of piperidine rings is 1. The Bertz CT molecular complexity index is 1170. The summed E-state index contributed by atoms with van der Waals surface area (Å²) in [4.78, 5) is 4.28. The normalized spacial score (nSPS) is 23.3. The fraction of sp³-hybridized carbons (Fsp3) is 0.391. The largest absolute Gasteiger partial charge is 0.482 e. The number of halogens is 3. The van der Waals surface area contributed by atoms with Gasteiger partial charge in [0.1, 0.15) is 11.9 Å². The minimum Gasteiger partial charge on any atom is -0.482 e. The molecule has 2 saturated heterocycles. The molecule has 0 aliphatic carbocycles. The molecule has 0 radical (unpaired) electrons. The highest BCUT2D eigenvalue weighted by atomic mass is 35.5. The van der Waals surface area contributed by atoms with Crippen molar-refractivity contribution in [3.05, 3.63) is 58.2 Å². The van der Waals surface area contributed by atoms with E-state index in [1.165, 1.54) is 12.1 Å². The van der Waals surface area contributed by atoms with Crippen LogP contribution in [0, 0.1) is 11.7 Å². The van der Waals surface area contributed by atoms with Crippen molar-refractivity contribution in [2.24, 2.45) is 5.92 Å². The molecule has 3 N–H and O–H groups in total. The van der Waals surface area contributed by atoms with Crippen LogP contribution in [0.15, 0.2) is 36.8 Å². The molecule has 1 aromatic carbocycles. The van der Waals surface area contributed by atoms with Crippen LogP contribution < -0.4 is 15.8 Å². The molecule has 174 valence electrons. The van der Waals surface area contributed by atoms with E-state index in [0.717, 1.165) is 37.3 Å². The number of hydrogen-bond acceptors (Lipinski definition) is 6. The number of aromatic nitrogens is 3. The average Bonchev–Trinajstić information content (AvgIpc) is 3.47. The molecule has 0 amide bonds. The van der Waals surface area contributed by atoms with Crippen molar-refractivity contribution in [2.75, 3.05) is 25.5 Å². The first-order valence-corrected chi connectivity index (χ1v) is 11.6. The lowest BCUT2D eigenvalue weighted by Crippen LogP contribution is -2.45. The van der Waals surface area contributed by atoms with Crippen LogP contribution in [0.1, 0.15) is 31.1 Å². The molecule has 4 heterocycles. The maximum atomic E-state index is 13.9. The number of rotatable bonds is 5. The Balaban J connectivity index is 1.36. The Hall–Kier alpha value is -2.39. The summed E-state index contributed by atoms with van der Waals surface area (Å²) in [5.41, 5.74) is 8.11. The first-order chi connectivity index (χ1) is 15.9. The SMILES string of the molecule is CC(Oc1cc(-c2cnn(C3CNC4COCC4C3)c2)cnc1N)c1c(Cl)ccc(F)c1Cl. The predicted octanol–water partition coefficient (Wildman–Crippen LogP) is 4.66. The molecule has 0 bridgehead atoms. The minimum absolute atomic E-state index is 0.0741. The third-order valence-corrected chi connectivity index (χ3v) is 7.08. The number of benzene rings is 1. The second-order valence-corrected chi connectivity index (χ2v) is 9.32. The highest BCUT2D eigenvalue weighted by Crippen LogP contribution is 2.37. The third-order valence-electron chi connectivity index (χ3n) is 6.37. The fourth-order valence-corrected chi connectivity index (χ4v) is 5.22. The lowest BCUT2D eigenvalue weighted by atomic mass is 9.91. The number of hydrogen-bond donors (Lipinski definition) is 2. The van der Waals surface area contributed by atoms with Crippen LogP contribution >= 0.6 is 23.2 Å². The minimum atomic E-state index is -0.641. The van der Waals surface area contributed by atoms with E-state index in [9.17, 15) is 4.39 Å². The van der Waals surface area contributed by atoms with Gasteiger partial charge in [-0.1, -0.05) is 23.2 Å². The summed E-state index contributed by atoms with van der Waals surface area (Å²) in [6.07, 6.45) is 5.87. The number of nitrogens with one attached hydrogen (secondary N) is 1. The molecule has 7 nitrogen and oxygen atoms in total. The second kappa shape index (κ2) is 9.10. The molecule has 4 unspecified atom stereocenters. The van der Waals surface area contributed by atoms with Crippen LogP contribution in [0.5, 0.6) is 5.75 Å². The number of nitrogens with two attached hydrogens (primary N) is 1. The Labute approximate surface area is 201 Å². The second-order valence-electron chi connectivity index (χ2n) is 8.54. The Morgan fingerprint density at radius 2 is 2.12 bits per heavy atom. The molecule has 2 aliphatic heterocycles. The van der Waals surface area contributed by atoms with Crippen molar-refractivity contribution in [3.63, 3.8) is 0 Å². The summed E-state index contributed by atoms with van der Waals surface area (Å²) >= 11 is 12.4. The average molecular weight is 492 g/mol. The van der Waals surface area contributed by atoms with Crippen LogP contribution in [0.3, 0.4) is 0 Å². The molecule has 5 rings (SSSR count). The molecule has 0 saturated carbocycles. The van der Waals surface area contributed by atoms with Crippen molar-refractivity contribution in [2.45, 2.75) is 31.5 Å². The van der Waals surface area contributed by atoms with Gasteiger partial charge in [-0.15, -0.1) is 0 Å². The van der Waals surface area contributed by atoms with Crippen LogP contribution in [0.4, 0.5) is 10.2 Å². The number of nitrogen functional groups attached to an aromatic ring is 1.